The van der Waals surface area contributed by atoms with Crippen molar-refractivity contribution in [2.24, 2.45) is 9.98 Å². The van der Waals surface area contributed by atoms with Crippen molar-refractivity contribution in [3.63, 3.8) is 0 Å². The molecule has 4 aliphatic rings. The van der Waals surface area contributed by atoms with E-state index in [1.54, 1.807) is 0 Å². The number of fused-ring (bicyclic) bond motifs is 4. The van der Waals surface area contributed by atoms with Crippen molar-refractivity contribution in [2.45, 2.75) is 77.7 Å². The van der Waals surface area contributed by atoms with Crippen molar-refractivity contribution in [1.82, 2.24) is 0 Å². The zero-order valence-electron chi connectivity index (χ0n) is 30.4. The normalized spacial score (nSPS) is 19.3. The molecule has 0 aromatic heterocycles. The highest BCUT2D eigenvalue weighted by Crippen LogP contribution is 2.40. The fraction of sp³-hybridized carbons (Fsp3) is 0.273. The molecule has 0 aliphatic carbocycles. The van der Waals surface area contributed by atoms with E-state index in [0.717, 1.165) is 72.8 Å². The summed E-state index contributed by atoms with van der Waals surface area (Å²) in [5.74, 6) is 4.69. The molecule has 0 spiro atoms. The van der Waals surface area contributed by atoms with Gasteiger partial charge in [-0.1, -0.05) is 54.6 Å². The molecule has 0 fully saturated rings. The average Bonchev–Trinajstić information content (AvgIpc) is 3.47. The first-order valence-corrected chi connectivity index (χ1v) is 17.8. The van der Waals surface area contributed by atoms with Crippen molar-refractivity contribution in [3.8, 4) is 45.3 Å². The van der Waals surface area contributed by atoms with E-state index in [2.05, 4.69) is 140 Å². The summed E-state index contributed by atoms with van der Waals surface area (Å²) in [4.78, 5) is 9.92. The fourth-order valence-electron chi connectivity index (χ4n) is 7.26. The molecule has 0 N–H and O–H groups in total. The van der Waals surface area contributed by atoms with Crippen LogP contribution < -0.4 is 25.9 Å². The fourth-order valence-corrected chi connectivity index (χ4v) is 7.26. The Morgan fingerprint density at radius 1 is 0.431 bits per heavy atom. The molecule has 254 valence electrons. The second-order valence-corrected chi connectivity index (χ2v) is 16.1. The van der Waals surface area contributed by atoms with Crippen molar-refractivity contribution >= 4 is 34.9 Å². The van der Waals surface area contributed by atoms with E-state index in [0.29, 0.717) is 11.8 Å². The van der Waals surface area contributed by atoms with Gasteiger partial charge in [-0.3, -0.25) is 0 Å². The van der Waals surface area contributed by atoms with E-state index in [1.807, 2.05) is 18.2 Å². The summed E-state index contributed by atoms with van der Waals surface area (Å²) >= 11 is 0. The summed E-state index contributed by atoms with van der Waals surface area (Å²) in [5.41, 5.74) is 8.12. The van der Waals surface area contributed by atoms with Crippen LogP contribution in [-0.4, -0.2) is 40.8 Å². The van der Waals surface area contributed by atoms with Crippen molar-refractivity contribution < 1.29 is 18.9 Å². The Kier molecular flexibility index (Phi) is 6.59. The number of hydrogen-bond donors (Lipinski definition) is 0. The molecule has 0 saturated heterocycles. The third-order valence-electron chi connectivity index (χ3n) is 11.7. The van der Waals surface area contributed by atoms with E-state index in [1.165, 1.54) is 0 Å². The van der Waals surface area contributed by atoms with E-state index < -0.39 is 11.2 Å². The minimum atomic E-state index is -0.393. The Bertz CT molecular complexity index is 2190. The number of aliphatic imine (C=N–C) groups is 2. The van der Waals surface area contributed by atoms with Gasteiger partial charge >= 0.3 is 0 Å². The molecule has 7 heteroatoms. The van der Waals surface area contributed by atoms with Crippen molar-refractivity contribution in [1.29, 1.82) is 0 Å². The summed E-state index contributed by atoms with van der Waals surface area (Å²) < 4.78 is 25.9. The van der Waals surface area contributed by atoms with Crippen LogP contribution in [0.15, 0.2) is 113 Å². The maximum atomic E-state index is 6.56. The van der Waals surface area contributed by atoms with Crippen LogP contribution in [0.3, 0.4) is 0 Å². The van der Waals surface area contributed by atoms with E-state index in [9.17, 15) is 0 Å². The lowest BCUT2D eigenvalue weighted by molar-refractivity contribution is 0.0618. The summed E-state index contributed by atoms with van der Waals surface area (Å²) in [7, 11) is 0. The van der Waals surface area contributed by atoms with Gasteiger partial charge in [-0.25, -0.2) is 9.98 Å². The average molecular weight is 673 g/mol. The van der Waals surface area contributed by atoms with Crippen LogP contribution in [-0.2, 0) is 9.47 Å². The lowest BCUT2D eigenvalue weighted by Gasteiger charge is -2.33. The largest absolute Gasteiger partial charge is 0.469 e. The number of rotatable bonds is 4. The molecule has 0 bridgehead atoms. The molecule has 0 atom stereocenters. The number of nitrogens with zero attached hydrogens (tertiary/aromatic N) is 2. The van der Waals surface area contributed by atoms with Crippen molar-refractivity contribution in [3.05, 3.63) is 114 Å². The first-order chi connectivity index (χ1) is 24.2. The Morgan fingerprint density at radius 3 is 1.24 bits per heavy atom. The van der Waals surface area contributed by atoms with Crippen LogP contribution in [0.25, 0.3) is 22.3 Å². The van der Waals surface area contributed by atoms with Gasteiger partial charge in [0.25, 0.3) is 6.71 Å². The van der Waals surface area contributed by atoms with Crippen molar-refractivity contribution in [2.75, 3.05) is 0 Å². The van der Waals surface area contributed by atoms with E-state index in [4.69, 9.17) is 28.9 Å². The van der Waals surface area contributed by atoms with Crippen LogP contribution in [0.2, 0.25) is 0 Å². The van der Waals surface area contributed by atoms with Gasteiger partial charge in [-0.2, -0.15) is 0 Å². The third kappa shape index (κ3) is 4.92. The van der Waals surface area contributed by atoms with Gasteiger partial charge < -0.3 is 18.9 Å². The molecular weight excluding hydrogens is 631 g/mol. The first kappa shape index (κ1) is 31.7. The monoisotopic (exact) mass is 672 g/mol. The Labute approximate surface area is 300 Å². The smallest absolute Gasteiger partial charge is 0.260 e. The molecule has 6 nitrogen and oxygen atoms in total. The van der Waals surface area contributed by atoms with Gasteiger partial charge in [0.1, 0.15) is 34.2 Å². The molecule has 5 aromatic rings. The van der Waals surface area contributed by atoms with Gasteiger partial charge in [0, 0.05) is 16.6 Å². The first-order valence-electron chi connectivity index (χ1n) is 17.8. The lowest BCUT2D eigenvalue weighted by Crippen LogP contribution is -2.57. The number of benzene rings is 5. The lowest BCUT2D eigenvalue weighted by atomic mass is 9.34. The highest BCUT2D eigenvalue weighted by atomic mass is 16.5. The standard InChI is InChI=1S/C44H41BN2O4/c1-41(2)43(5,6)50-39(46-41)30-14-9-12-26(22-30)28-18-20-34-32(24-28)45-33-25-29(19-21-35(33)49-37-17-11-16-36(48-34)38(37)45)27-13-10-15-31(23-27)40-47-42(3,4)44(7,8)51-40/h9-25H,1-8H3. The maximum absolute atomic E-state index is 6.56. The third-order valence-corrected chi connectivity index (χ3v) is 11.7. The molecule has 9 rings (SSSR count). The predicted octanol–water partition coefficient (Wildman–Crippen LogP) is 8.42. The second kappa shape index (κ2) is 10.6. The summed E-state index contributed by atoms with van der Waals surface area (Å²) in [6, 6.07) is 36.0. The molecular formula is C44H41BN2O4. The number of ether oxygens (including phenoxy) is 4. The maximum Gasteiger partial charge on any atom is 0.260 e. The Hall–Kier alpha value is -5.30. The molecule has 0 amide bonds. The van der Waals surface area contributed by atoms with Crippen LogP contribution in [0.4, 0.5) is 0 Å². The molecule has 51 heavy (non-hydrogen) atoms. The van der Waals surface area contributed by atoms with Crippen LogP contribution in [0.5, 0.6) is 23.0 Å². The van der Waals surface area contributed by atoms with Gasteiger partial charge in [0.05, 0.1) is 11.1 Å². The minimum Gasteiger partial charge on any atom is -0.469 e. The van der Waals surface area contributed by atoms with Crippen LogP contribution >= 0.6 is 0 Å². The minimum absolute atomic E-state index is 0.0803. The highest BCUT2D eigenvalue weighted by Gasteiger charge is 2.47. The van der Waals surface area contributed by atoms with E-state index >= 15 is 0 Å². The summed E-state index contributed by atoms with van der Waals surface area (Å²) in [5, 5.41) is 0. The van der Waals surface area contributed by atoms with Gasteiger partial charge in [0.15, 0.2) is 0 Å². The Balaban J connectivity index is 1.13. The predicted molar refractivity (Wildman–Crippen MR) is 207 cm³/mol. The molecule has 5 aromatic carbocycles. The molecule has 0 unspecified atom stereocenters. The topological polar surface area (TPSA) is 61.6 Å². The van der Waals surface area contributed by atoms with Gasteiger partial charge in [0.2, 0.25) is 11.8 Å². The van der Waals surface area contributed by atoms with Gasteiger partial charge in [-0.15, -0.1) is 0 Å². The highest BCUT2D eigenvalue weighted by molar-refractivity contribution is 6.98. The Morgan fingerprint density at radius 2 is 0.824 bits per heavy atom. The molecule has 0 saturated carbocycles. The number of hydrogen-bond acceptors (Lipinski definition) is 6. The zero-order chi connectivity index (χ0) is 35.5. The summed E-state index contributed by atoms with van der Waals surface area (Å²) in [6.07, 6.45) is 0. The van der Waals surface area contributed by atoms with E-state index in [-0.39, 0.29) is 17.8 Å². The second-order valence-electron chi connectivity index (χ2n) is 16.1. The van der Waals surface area contributed by atoms with Gasteiger partial charge in [-0.05, 0) is 137 Å². The summed E-state index contributed by atoms with van der Waals surface area (Å²) in [6.45, 7) is 16.8. The van der Waals surface area contributed by atoms with Crippen LogP contribution in [0.1, 0.15) is 66.5 Å². The quantitative estimate of drug-likeness (QED) is 0.176. The molecule has 4 aliphatic heterocycles. The SMILES string of the molecule is CC1(C)N=C(c2cccc(-c3ccc4c(c3)B3c5cc(-c6cccc(C7=NC(C)(C)C(C)(C)O7)c6)ccc5Oc5cccc(c53)O4)c2)OC1(C)C. The van der Waals surface area contributed by atoms with Crippen LogP contribution in [0, 0.1) is 0 Å². The zero-order valence-corrected chi connectivity index (χ0v) is 30.4. The molecule has 0 radical (unpaired) electrons. The molecule has 4 heterocycles.